The van der Waals surface area contributed by atoms with E-state index in [1.54, 1.807) is 6.07 Å². The van der Waals surface area contributed by atoms with Gasteiger partial charge in [-0.25, -0.2) is 4.79 Å². The first-order valence-corrected chi connectivity index (χ1v) is 6.64. The highest BCUT2D eigenvalue weighted by Gasteiger charge is 2.09. The van der Waals surface area contributed by atoms with Crippen molar-refractivity contribution in [1.82, 2.24) is 0 Å². The van der Waals surface area contributed by atoms with Crippen LogP contribution in [0.3, 0.4) is 0 Å². The van der Waals surface area contributed by atoms with Gasteiger partial charge < -0.3 is 20.9 Å². The number of rotatable bonds is 5. The number of carbonyl (C=O) groups excluding carboxylic acids is 1. The molecule has 0 unspecified atom stereocenters. The van der Waals surface area contributed by atoms with E-state index < -0.39 is 6.09 Å². The number of para-hydroxylation sites is 1. The molecule has 0 saturated heterocycles. The van der Waals surface area contributed by atoms with Crippen LogP contribution in [0.1, 0.15) is 12.5 Å². The van der Waals surface area contributed by atoms with Gasteiger partial charge in [0.25, 0.3) is 0 Å². The SMILES string of the molecule is CCOc1ccccc1-c1ccc(COC(N)=O)cc1N. The van der Waals surface area contributed by atoms with E-state index in [9.17, 15) is 4.79 Å². The van der Waals surface area contributed by atoms with E-state index in [1.165, 1.54) is 0 Å². The summed E-state index contributed by atoms with van der Waals surface area (Å²) in [5.41, 5.74) is 14.2. The fourth-order valence-corrected chi connectivity index (χ4v) is 2.07. The van der Waals surface area contributed by atoms with Gasteiger partial charge in [0.05, 0.1) is 6.61 Å². The summed E-state index contributed by atoms with van der Waals surface area (Å²) in [7, 11) is 0. The fraction of sp³-hybridized carbons (Fsp3) is 0.188. The Bertz CT molecular complexity index is 641. The Morgan fingerprint density at radius 1 is 1.14 bits per heavy atom. The number of hydrogen-bond donors (Lipinski definition) is 2. The van der Waals surface area contributed by atoms with Gasteiger partial charge in [-0.1, -0.05) is 30.3 Å². The van der Waals surface area contributed by atoms with Gasteiger partial charge in [-0.05, 0) is 24.6 Å². The van der Waals surface area contributed by atoms with Crippen molar-refractivity contribution in [1.29, 1.82) is 0 Å². The molecule has 2 aromatic carbocycles. The maximum absolute atomic E-state index is 10.6. The summed E-state index contributed by atoms with van der Waals surface area (Å²) in [6, 6.07) is 13.2. The van der Waals surface area contributed by atoms with Crippen molar-refractivity contribution < 1.29 is 14.3 Å². The summed E-state index contributed by atoms with van der Waals surface area (Å²) in [6.07, 6.45) is -0.806. The molecule has 110 valence electrons. The lowest BCUT2D eigenvalue weighted by molar-refractivity contribution is 0.150. The van der Waals surface area contributed by atoms with E-state index in [1.807, 2.05) is 43.3 Å². The van der Waals surface area contributed by atoms with Crippen molar-refractivity contribution in [3.05, 3.63) is 48.0 Å². The minimum atomic E-state index is -0.806. The number of benzene rings is 2. The zero-order valence-electron chi connectivity index (χ0n) is 11.8. The van der Waals surface area contributed by atoms with Crippen molar-refractivity contribution in [2.24, 2.45) is 5.73 Å². The second-order valence-electron chi connectivity index (χ2n) is 4.46. The van der Waals surface area contributed by atoms with Crippen molar-refractivity contribution in [2.75, 3.05) is 12.3 Å². The van der Waals surface area contributed by atoms with Crippen LogP contribution in [-0.2, 0) is 11.3 Å². The third-order valence-corrected chi connectivity index (χ3v) is 2.97. The van der Waals surface area contributed by atoms with E-state index in [0.29, 0.717) is 12.3 Å². The lowest BCUT2D eigenvalue weighted by Crippen LogP contribution is -2.12. The summed E-state index contributed by atoms with van der Waals surface area (Å²) in [4.78, 5) is 10.6. The van der Waals surface area contributed by atoms with Crippen molar-refractivity contribution in [2.45, 2.75) is 13.5 Å². The molecule has 0 heterocycles. The lowest BCUT2D eigenvalue weighted by Gasteiger charge is -2.13. The molecule has 0 spiro atoms. The highest BCUT2D eigenvalue weighted by atomic mass is 16.5. The lowest BCUT2D eigenvalue weighted by atomic mass is 10.0. The van der Waals surface area contributed by atoms with Gasteiger partial charge in [0.15, 0.2) is 0 Å². The largest absolute Gasteiger partial charge is 0.493 e. The van der Waals surface area contributed by atoms with E-state index in [-0.39, 0.29) is 6.61 Å². The molecule has 0 saturated carbocycles. The summed E-state index contributed by atoms with van der Waals surface area (Å²) < 4.78 is 10.4. The summed E-state index contributed by atoms with van der Waals surface area (Å²) in [5, 5.41) is 0. The van der Waals surface area contributed by atoms with Gasteiger partial charge in [-0.2, -0.15) is 0 Å². The third-order valence-electron chi connectivity index (χ3n) is 2.97. The number of primary amides is 1. The standard InChI is InChI=1S/C16H18N2O3/c1-2-20-15-6-4-3-5-13(15)12-8-7-11(9-14(12)17)10-21-16(18)19/h3-9H,2,10,17H2,1H3,(H2,18,19). The van der Waals surface area contributed by atoms with Gasteiger partial charge in [0, 0.05) is 16.8 Å². The van der Waals surface area contributed by atoms with E-state index in [0.717, 1.165) is 22.4 Å². The van der Waals surface area contributed by atoms with Crippen LogP contribution in [0.2, 0.25) is 0 Å². The number of carbonyl (C=O) groups is 1. The Morgan fingerprint density at radius 3 is 2.57 bits per heavy atom. The van der Waals surface area contributed by atoms with E-state index >= 15 is 0 Å². The van der Waals surface area contributed by atoms with Crippen LogP contribution in [-0.4, -0.2) is 12.7 Å². The number of nitrogen functional groups attached to an aromatic ring is 1. The van der Waals surface area contributed by atoms with Crippen LogP contribution in [0.25, 0.3) is 11.1 Å². The Labute approximate surface area is 123 Å². The molecule has 0 aliphatic heterocycles. The smallest absolute Gasteiger partial charge is 0.404 e. The molecule has 5 heteroatoms. The second-order valence-corrected chi connectivity index (χ2v) is 4.46. The normalized spacial score (nSPS) is 10.1. The van der Waals surface area contributed by atoms with Crippen molar-refractivity contribution in [3.8, 4) is 16.9 Å². The van der Waals surface area contributed by atoms with Crippen LogP contribution in [0, 0.1) is 0 Å². The number of ether oxygens (including phenoxy) is 2. The molecule has 0 radical (unpaired) electrons. The molecular weight excluding hydrogens is 268 g/mol. The zero-order valence-corrected chi connectivity index (χ0v) is 11.8. The first-order chi connectivity index (χ1) is 10.1. The molecule has 21 heavy (non-hydrogen) atoms. The first-order valence-electron chi connectivity index (χ1n) is 6.64. The quantitative estimate of drug-likeness (QED) is 0.827. The Morgan fingerprint density at radius 2 is 1.90 bits per heavy atom. The van der Waals surface area contributed by atoms with Crippen LogP contribution >= 0.6 is 0 Å². The van der Waals surface area contributed by atoms with E-state index in [2.05, 4.69) is 0 Å². The topological polar surface area (TPSA) is 87.6 Å². The van der Waals surface area contributed by atoms with Crippen LogP contribution in [0.15, 0.2) is 42.5 Å². The summed E-state index contributed by atoms with van der Waals surface area (Å²) in [6.45, 7) is 2.62. The Hall–Kier alpha value is -2.69. The van der Waals surface area contributed by atoms with Crippen molar-refractivity contribution in [3.63, 3.8) is 0 Å². The van der Waals surface area contributed by atoms with Crippen LogP contribution in [0.4, 0.5) is 10.5 Å². The number of hydrogen-bond acceptors (Lipinski definition) is 4. The molecule has 1 amide bonds. The molecule has 5 nitrogen and oxygen atoms in total. The van der Waals surface area contributed by atoms with Gasteiger partial charge in [0.2, 0.25) is 0 Å². The zero-order chi connectivity index (χ0) is 15.2. The molecule has 0 aromatic heterocycles. The molecule has 0 aliphatic carbocycles. The Balaban J connectivity index is 2.31. The van der Waals surface area contributed by atoms with Gasteiger partial charge in [-0.15, -0.1) is 0 Å². The minimum Gasteiger partial charge on any atom is -0.493 e. The average Bonchev–Trinajstić information content (AvgIpc) is 2.46. The fourth-order valence-electron chi connectivity index (χ4n) is 2.07. The maximum atomic E-state index is 10.6. The number of amides is 1. The second kappa shape index (κ2) is 6.65. The van der Waals surface area contributed by atoms with Crippen molar-refractivity contribution >= 4 is 11.8 Å². The third kappa shape index (κ3) is 3.66. The van der Waals surface area contributed by atoms with Crippen LogP contribution in [0.5, 0.6) is 5.75 Å². The molecule has 0 atom stereocenters. The molecule has 0 fully saturated rings. The van der Waals surface area contributed by atoms with Gasteiger partial charge in [-0.3, -0.25) is 0 Å². The number of anilines is 1. The number of nitrogens with two attached hydrogens (primary N) is 2. The molecule has 4 N–H and O–H groups in total. The van der Waals surface area contributed by atoms with Gasteiger partial charge in [0.1, 0.15) is 12.4 Å². The molecule has 0 aliphatic rings. The predicted molar refractivity (Wildman–Crippen MR) is 81.8 cm³/mol. The molecule has 2 aromatic rings. The first kappa shape index (κ1) is 14.7. The monoisotopic (exact) mass is 286 g/mol. The summed E-state index contributed by atoms with van der Waals surface area (Å²) >= 11 is 0. The predicted octanol–water partition coefficient (Wildman–Crippen LogP) is 2.93. The summed E-state index contributed by atoms with van der Waals surface area (Å²) in [5.74, 6) is 0.785. The molecular formula is C16H18N2O3. The van der Waals surface area contributed by atoms with Gasteiger partial charge >= 0.3 is 6.09 Å². The highest BCUT2D eigenvalue weighted by Crippen LogP contribution is 2.34. The van der Waals surface area contributed by atoms with Crippen LogP contribution < -0.4 is 16.2 Å². The molecule has 2 rings (SSSR count). The Kier molecular flexibility index (Phi) is 4.66. The minimum absolute atomic E-state index is 0.104. The highest BCUT2D eigenvalue weighted by molar-refractivity contribution is 5.80. The van der Waals surface area contributed by atoms with E-state index in [4.69, 9.17) is 20.9 Å². The maximum Gasteiger partial charge on any atom is 0.404 e. The average molecular weight is 286 g/mol. The molecule has 0 bridgehead atoms.